The van der Waals surface area contributed by atoms with Gasteiger partial charge in [0.2, 0.25) is 0 Å². The van der Waals surface area contributed by atoms with Gasteiger partial charge in [0.25, 0.3) is 0 Å². The molecule has 0 aliphatic carbocycles. The van der Waals surface area contributed by atoms with Crippen molar-refractivity contribution in [2.24, 2.45) is 0 Å². The molecule has 0 aliphatic heterocycles. The lowest BCUT2D eigenvalue weighted by molar-refractivity contribution is 0.101. The third-order valence-corrected chi connectivity index (χ3v) is 2.07. The van der Waals surface area contributed by atoms with Gasteiger partial charge >= 0.3 is 0 Å². The van der Waals surface area contributed by atoms with Gasteiger partial charge < -0.3 is 0 Å². The summed E-state index contributed by atoms with van der Waals surface area (Å²) < 4.78 is 0. The molecule has 0 fully saturated rings. The summed E-state index contributed by atoms with van der Waals surface area (Å²) in [7, 11) is 0. The normalized spacial score (nSPS) is 7.79. The maximum atomic E-state index is 10.7. The van der Waals surface area contributed by atoms with Gasteiger partial charge in [-0.1, -0.05) is 72.9 Å². The molecule has 0 spiro atoms. The molecule has 0 saturated carbocycles. The number of carbonyl (C=O) groups excluding carboxylic acids is 1. The van der Waals surface area contributed by atoms with Crippen LogP contribution in [0.25, 0.3) is 0 Å². The van der Waals surface area contributed by atoms with E-state index in [0.29, 0.717) is 0 Å². The number of benzene rings is 1. The van der Waals surface area contributed by atoms with E-state index in [-0.39, 0.29) is 5.78 Å². The van der Waals surface area contributed by atoms with E-state index in [1.165, 1.54) is 19.3 Å². The lowest BCUT2D eigenvalue weighted by Crippen LogP contribution is -1.89. The van der Waals surface area contributed by atoms with Crippen LogP contribution in [0.15, 0.2) is 29.2 Å². The van der Waals surface area contributed by atoms with Crippen molar-refractivity contribution in [3.63, 3.8) is 0 Å². The second-order valence-electron chi connectivity index (χ2n) is 3.81. The molecule has 19 heavy (non-hydrogen) atoms. The smallest absolute Gasteiger partial charge is 0.159 e. The number of hydrogen-bond donors (Lipinski definition) is 1. The Morgan fingerprint density at radius 3 is 1.47 bits per heavy atom. The molecule has 0 aliphatic rings. The number of ketones is 1. The lowest BCUT2D eigenvalue weighted by atomic mass is 10.2. The molecule has 0 saturated heterocycles. The molecule has 1 rings (SSSR count). The molecule has 0 atom stereocenters. The van der Waals surface area contributed by atoms with Crippen LogP contribution in [0.1, 0.15) is 78.1 Å². The molecular formula is C17H32OS. The Labute approximate surface area is 126 Å². The van der Waals surface area contributed by atoms with Crippen molar-refractivity contribution < 1.29 is 4.79 Å². The maximum absolute atomic E-state index is 10.7. The van der Waals surface area contributed by atoms with Gasteiger partial charge in [0.05, 0.1) is 0 Å². The highest BCUT2D eigenvalue weighted by atomic mass is 32.1. The van der Waals surface area contributed by atoms with Crippen molar-refractivity contribution >= 4 is 18.4 Å². The lowest BCUT2D eigenvalue weighted by Gasteiger charge is -1.93. The van der Waals surface area contributed by atoms with E-state index >= 15 is 0 Å². The summed E-state index contributed by atoms with van der Waals surface area (Å²) in [6.07, 6.45) is 3.89. The highest BCUT2D eigenvalue weighted by Crippen LogP contribution is 2.07. The van der Waals surface area contributed by atoms with Gasteiger partial charge in [-0.25, -0.2) is 0 Å². The summed E-state index contributed by atoms with van der Waals surface area (Å²) in [4.78, 5) is 11.6. The quantitative estimate of drug-likeness (QED) is 0.489. The average molecular weight is 285 g/mol. The predicted molar refractivity (Wildman–Crippen MR) is 91.6 cm³/mol. The molecule has 0 N–H and O–H groups in total. The van der Waals surface area contributed by atoms with Gasteiger partial charge in [0, 0.05) is 10.5 Å². The van der Waals surface area contributed by atoms with E-state index in [4.69, 9.17) is 0 Å². The van der Waals surface area contributed by atoms with Crippen molar-refractivity contribution in [1.82, 2.24) is 0 Å². The van der Waals surface area contributed by atoms with Crippen molar-refractivity contribution in [3.05, 3.63) is 29.8 Å². The van der Waals surface area contributed by atoms with Crippen LogP contribution >= 0.6 is 12.6 Å². The van der Waals surface area contributed by atoms with Crippen molar-refractivity contribution in [3.8, 4) is 0 Å². The number of thiol groups is 1. The van der Waals surface area contributed by atoms with Crippen LogP contribution in [0.4, 0.5) is 0 Å². The Hall–Kier alpha value is -0.760. The fourth-order valence-electron chi connectivity index (χ4n) is 0.696. The Balaban J connectivity index is -0.000000239. The molecule has 1 aromatic carbocycles. The maximum Gasteiger partial charge on any atom is 0.159 e. The summed E-state index contributed by atoms with van der Waals surface area (Å²) in [5.74, 6) is 0.0910. The first-order chi connectivity index (χ1) is 9.03. The van der Waals surface area contributed by atoms with Crippen LogP contribution in [-0.2, 0) is 0 Å². The van der Waals surface area contributed by atoms with Crippen molar-refractivity contribution in [2.75, 3.05) is 0 Å². The Morgan fingerprint density at radius 1 is 0.947 bits per heavy atom. The molecule has 2 heteroatoms. The summed E-state index contributed by atoms with van der Waals surface area (Å²) >= 11 is 4.09. The monoisotopic (exact) mass is 284 g/mol. The van der Waals surface area contributed by atoms with Crippen molar-refractivity contribution in [2.45, 2.75) is 72.6 Å². The number of carbonyl (C=O) groups is 1. The van der Waals surface area contributed by atoms with E-state index in [1.807, 2.05) is 13.8 Å². The van der Waals surface area contributed by atoms with E-state index in [9.17, 15) is 4.79 Å². The third-order valence-electron chi connectivity index (χ3n) is 1.77. The SMILES string of the molecule is CC.CC(=O)c1ccc(S)cc1.CCC.CCCC. The van der Waals surface area contributed by atoms with Crippen LogP contribution in [0.3, 0.4) is 0 Å². The van der Waals surface area contributed by atoms with Gasteiger partial charge in [-0.2, -0.15) is 0 Å². The van der Waals surface area contributed by atoms with Gasteiger partial charge in [-0.15, -0.1) is 12.6 Å². The van der Waals surface area contributed by atoms with E-state index in [1.54, 1.807) is 31.2 Å². The zero-order valence-corrected chi connectivity index (χ0v) is 14.7. The largest absolute Gasteiger partial charge is 0.295 e. The van der Waals surface area contributed by atoms with Crippen LogP contribution in [0, 0.1) is 0 Å². The number of rotatable bonds is 2. The standard InChI is InChI=1S/C8H8OS.C4H10.C3H8.C2H6/c1-6(9)7-2-4-8(10)5-3-7;1-3-4-2;1-3-2;1-2/h2-5,10H,1H3;3-4H2,1-2H3;3H2,1-2H3;1-2H3. The molecule has 0 bridgehead atoms. The van der Waals surface area contributed by atoms with Gasteiger partial charge in [-0.05, 0) is 19.1 Å². The molecule has 0 aromatic heterocycles. The zero-order chi connectivity index (χ0) is 15.7. The van der Waals surface area contributed by atoms with Crippen LogP contribution < -0.4 is 0 Å². The molecule has 1 nitrogen and oxygen atoms in total. The second-order valence-corrected chi connectivity index (χ2v) is 4.33. The van der Waals surface area contributed by atoms with Gasteiger partial charge in [-0.3, -0.25) is 4.79 Å². The third kappa shape index (κ3) is 19.7. The fraction of sp³-hybridized carbons (Fsp3) is 0.588. The summed E-state index contributed by atoms with van der Waals surface area (Å²) in [5.41, 5.74) is 0.734. The van der Waals surface area contributed by atoms with Gasteiger partial charge in [0.15, 0.2) is 5.78 Å². The van der Waals surface area contributed by atoms with E-state index in [0.717, 1.165) is 10.5 Å². The molecule has 0 unspecified atom stereocenters. The zero-order valence-electron chi connectivity index (χ0n) is 13.8. The molecule has 1 aromatic rings. The Bertz CT molecular complexity index is 276. The first-order valence-electron chi connectivity index (χ1n) is 7.33. The van der Waals surface area contributed by atoms with Gasteiger partial charge in [0.1, 0.15) is 0 Å². The Kier molecular flexibility index (Phi) is 24.1. The number of Topliss-reactive ketones (excluding diaryl/α,β-unsaturated/α-hetero) is 1. The molecule has 112 valence electrons. The minimum absolute atomic E-state index is 0.0910. The summed E-state index contributed by atoms with van der Waals surface area (Å²) in [6.45, 7) is 14.2. The minimum Gasteiger partial charge on any atom is -0.295 e. The molecular weight excluding hydrogens is 252 g/mol. The fourth-order valence-corrected chi connectivity index (χ4v) is 0.845. The summed E-state index contributed by atoms with van der Waals surface area (Å²) in [6, 6.07) is 7.15. The van der Waals surface area contributed by atoms with Crippen LogP contribution in [-0.4, -0.2) is 5.78 Å². The van der Waals surface area contributed by atoms with Crippen LogP contribution in [0.5, 0.6) is 0 Å². The minimum atomic E-state index is 0.0910. The highest BCUT2D eigenvalue weighted by Gasteiger charge is 1.95. The Morgan fingerprint density at radius 2 is 1.26 bits per heavy atom. The number of unbranched alkanes of at least 4 members (excludes halogenated alkanes) is 1. The predicted octanol–water partition coefficient (Wildman–Crippen LogP) is 6.43. The summed E-state index contributed by atoms with van der Waals surface area (Å²) in [5, 5.41) is 0. The highest BCUT2D eigenvalue weighted by molar-refractivity contribution is 7.80. The number of hydrogen-bond acceptors (Lipinski definition) is 2. The van der Waals surface area contributed by atoms with E-state index < -0.39 is 0 Å². The topological polar surface area (TPSA) is 17.1 Å². The second kappa shape index (κ2) is 19.6. The first-order valence-corrected chi connectivity index (χ1v) is 7.77. The van der Waals surface area contributed by atoms with Crippen molar-refractivity contribution in [1.29, 1.82) is 0 Å². The molecule has 0 amide bonds. The first kappa shape index (κ1) is 23.3. The molecule has 0 radical (unpaired) electrons. The van der Waals surface area contributed by atoms with E-state index in [2.05, 4.69) is 40.3 Å². The van der Waals surface area contributed by atoms with Crippen LogP contribution in [0.2, 0.25) is 0 Å². The average Bonchev–Trinajstić information content (AvgIpc) is 2.43. The molecule has 0 heterocycles.